The summed E-state index contributed by atoms with van der Waals surface area (Å²) in [4.78, 5) is 41.3. The highest BCUT2D eigenvalue weighted by molar-refractivity contribution is 5.82. The summed E-state index contributed by atoms with van der Waals surface area (Å²) in [6, 6.07) is 0.156. The molecule has 0 aromatic rings. The van der Waals surface area contributed by atoms with Gasteiger partial charge in [0.2, 0.25) is 11.8 Å². The minimum Gasteiger partial charge on any atom is -0.444 e. The average Bonchev–Trinajstić information content (AvgIpc) is 2.66. The molecule has 29 heavy (non-hydrogen) atoms. The molecule has 0 aromatic carbocycles. The van der Waals surface area contributed by atoms with E-state index in [4.69, 9.17) is 4.74 Å². The third-order valence-corrected chi connectivity index (χ3v) is 5.97. The summed E-state index contributed by atoms with van der Waals surface area (Å²) < 4.78 is 5.46. The van der Waals surface area contributed by atoms with Gasteiger partial charge >= 0.3 is 6.09 Å². The molecule has 0 spiro atoms. The van der Waals surface area contributed by atoms with Gasteiger partial charge in [0.25, 0.3) is 0 Å². The Bertz CT molecular complexity index is 591. The van der Waals surface area contributed by atoms with E-state index in [0.717, 1.165) is 12.8 Å². The number of nitrogens with zero attached hydrogens (tertiary/aromatic N) is 2. The van der Waals surface area contributed by atoms with E-state index in [1.54, 1.807) is 4.90 Å². The molecule has 2 fully saturated rings. The fraction of sp³-hybridized carbons (Fsp3) is 0.864. The van der Waals surface area contributed by atoms with Crippen molar-refractivity contribution in [2.45, 2.75) is 78.9 Å². The van der Waals surface area contributed by atoms with Crippen LogP contribution >= 0.6 is 0 Å². The molecule has 2 unspecified atom stereocenters. The predicted octanol–water partition coefficient (Wildman–Crippen LogP) is 3.03. The van der Waals surface area contributed by atoms with Gasteiger partial charge in [-0.1, -0.05) is 13.8 Å². The van der Waals surface area contributed by atoms with Gasteiger partial charge in [-0.05, 0) is 59.3 Å². The van der Waals surface area contributed by atoms with E-state index in [9.17, 15) is 14.4 Å². The molecule has 0 aliphatic carbocycles. The van der Waals surface area contributed by atoms with Gasteiger partial charge in [-0.2, -0.15) is 0 Å². The molecule has 7 heteroatoms. The van der Waals surface area contributed by atoms with Crippen molar-refractivity contribution in [1.29, 1.82) is 0 Å². The lowest BCUT2D eigenvalue weighted by Gasteiger charge is -2.38. The first-order valence-electron chi connectivity index (χ1n) is 11.0. The number of hydrogen-bond donors (Lipinski definition) is 1. The van der Waals surface area contributed by atoms with Crippen LogP contribution in [0.3, 0.4) is 0 Å². The second-order valence-electron chi connectivity index (χ2n) is 9.91. The summed E-state index contributed by atoms with van der Waals surface area (Å²) in [5, 5.41) is 3.09. The molecule has 2 saturated heterocycles. The SMILES string of the molecule is CC(C)C(C)NC(=O)C1CCN(C(=O)C2CCCN(C(=O)OC(C)(C)C)C2)CC1. The van der Waals surface area contributed by atoms with Crippen molar-refractivity contribution < 1.29 is 19.1 Å². The average molecular weight is 410 g/mol. The first-order valence-corrected chi connectivity index (χ1v) is 11.0. The van der Waals surface area contributed by atoms with E-state index in [2.05, 4.69) is 19.2 Å². The smallest absolute Gasteiger partial charge is 0.410 e. The van der Waals surface area contributed by atoms with Crippen LogP contribution in [0.1, 0.15) is 67.2 Å². The summed E-state index contributed by atoms with van der Waals surface area (Å²) in [5.41, 5.74) is -0.538. The molecular weight excluding hydrogens is 370 g/mol. The maximum absolute atomic E-state index is 13.0. The van der Waals surface area contributed by atoms with Gasteiger partial charge in [0.15, 0.2) is 0 Å². The van der Waals surface area contributed by atoms with Crippen LogP contribution in [-0.4, -0.2) is 65.5 Å². The Morgan fingerprint density at radius 1 is 0.931 bits per heavy atom. The van der Waals surface area contributed by atoms with E-state index in [1.165, 1.54) is 0 Å². The number of piperidine rings is 2. The second-order valence-corrected chi connectivity index (χ2v) is 9.91. The van der Waals surface area contributed by atoms with Crippen LogP contribution < -0.4 is 5.32 Å². The molecule has 1 N–H and O–H groups in total. The van der Waals surface area contributed by atoms with E-state index in [-0.39, 0.29) is 35.8 Å². The normalized spacial score (nSPS) is 22.4. The Morgan fingerprint density at radius 3 is 2.10 bits per heavy atom. The maximum atomic E-state index is 13.0. The number of carbonyl (C=O) groups excluding carboxylic acids is 3. The second kappa shape index (κ2) is 9.81. The van der Waals surface area contributed by atoms with Crippen molar-refractivity contribution in [2.75, 3.05) is 26.2 Å². The number of hydrogen-bond acceptors (Lipinski definition) is 4. The van der Waals surface area contributed by atoms with Gasteiger partial charge in [-0.25, -0.2) is 4.79 Å². The number of amides is 3. The molecule has 0 bridgehead atoms. The first kappa shape index (κ1) is 23.5. The summed E-state index contributed by atoms with van der Waals surface area (Å²) >= 11 is 0. The van der Waals surface area contributed by atoms with Crippen LogP contribution in [0.25, 0.3) is 0 Å². The molecule has 3 amide bonds. The highest BCUT2D eigenvalue weighted by Gasteiger charge is 2.35. The monoisotopic (exact) mass is 409 g/mol. The van der Waals surface area contributed by atoms with Gasteiger partial charge in [0, 0.05) is 38.1 Å². The van der Waals surface area contributed by atoms with Gasteiger partial charge in [-0.3, -0.25) is 9.59 Å². The van der Waals surface area contributed by atoms with Crippen molar-refractivity contribution in [2.24, 2.45) is 17.8 Å². The third-order valence-electron chi connectivity index (χ3n) is 5.97. The predicted molar refractivity (Wildman–Crippen MR) is 112 cm³/mol. The largest absolute Gasteiger partial charge is 0.444 e. The number of carbonyl (C=O) groups is 3. The Balaban J connectivity index is 1.84. The number of rotatable bonds is 4. The number of nitrogens with one attached hydrogen (secondary N) is 1. The fourth-order valence-corrected chi connectivity index (χ4v) is 3.80. The van der Waals surface area contributed by atoms with Gasteiger partial charge in [-0.15, -0.1) is 0 Å². The van der Waals surface area contributed by atoms with Crippen molar-refractivity contribution in [3.05, 3.63) is 0 Å². The highest BCUT2D eigenvalue weighted by Crippen LogP contribution is 2.24. The fourth-order valence-electron chi connectivity index (χ4n) is 3.80. The zero-order valence-corrected chi connectivity index (χ0v) is 19.0. The van der Waals surface area contributed by atoms with Gasteiger partial charge in [0.05, 0.1) is 5.92 Å². The Morgan fingerprint density at radius 2 is 1.55 bits per heavy atom. The molecule has 2 aliphatic heterocycles. The molecule has 0 aromatic heterocycles. The lowest BCUT2D eigenvalue weighted by Crippen LogP contribution is -2.50. The van der Waals surface area contributed by atoms with Crippen LogP contribution in [0.15, 0.2) is 0 Å². The molecule has 2 rings (SSSR count). The minimum atomic E-state index is -0.538. The van der Waals surface area contributed by atoms with Crippen LogP contribution in [0.2, 0.25) is 0 Å². The topological polar surface area (TPSA) is 79.0 Å². The standard InChI is InChI=1S/C22H39N3O4/c1-15(2)16(3)23-19(26)17-9-12-24(13-10-17)20(27)18-8-7-11-25(14-18)21(28)29-22(4,5)6/h15-18H,7-14H2,1-6H3,(H,23,26). The molecule has 0 saturated carbocycles. The quantitative estimate of drug-likeness (QED) is 0.774. The van der Waals surface area contributed by atoms with Crippen molar-refractivity contribution >= 4 is 17.9 Å². The lowest BCUT2D eigenvalue weighted by atomic mass is 9.92. The van der Waals surface area contributed by atoms with Gasteiger partial charge < -0.3 is 19.9 Å². The maximum Gasteiger partial charge on any atom is 0.410 e. The molecular formula is C22H39N3O4. The van der Waals surface area contributed by atoms with Crippen LogP contribution in [0.4, 0.5) is 4.79 Å². The van der Waals surface area contributed by atoms with Crippen molar-refractivity contribution in [1.82, 2.24) is 15.1 Å². The molecule has 0 radical (unpaired) electrons. The van der Waals surface area contributed by atoms with Gasteiger partial charge in [0.1, 0.15) is 5.60 Å². The third kappa shape index (κ3) is 6.89. The summed E-state index contributed by atoms with van der Waals surface area (Å²) in [5.74, 6) is 0.409. The lowest BCUT2D eigenvalue weighted by molar-refractivity contribution is -0.140. The number of likely N-dealkylation sites (tertiary alicyclic amines) is 2. The van der Waals surface area contributed by atoms with E-state index < -0.39 is 5.60 Å². The Hall–Kier alpha value is -1.79. The van der Waals surface area contributed by atoms with Crippen LogP contribution in [-0.2, 0) is 14.3 Å². The van der Waals surface area contributed by atoms with Crippen molar-refractivity contribution in [3.63, 3.8) is 0 Å². The minimum absolute atomic E-state index is 0.0233. The molecule has 166 valence electrons. The summed E-state index contributed by atoms with van der Waals surface area (Å²) in [6.45, 7) is 14.0. The summed E-state index contributed by atoms with van der Waals surface area (Å²) in [6.07, 6.45) is 2.66. The van der Waals surface area contributed by atoms with E-state index in [1.807, 2.05) is 32.6 Å². The first-order chi connectivity index (χ1) is 13.5. The zero-order valence-electron chi connectivity index (χ0n) is 19.0. The molecule has 2 aliphatic rings. The summed E-state index contributed by atoms with van der Waals surface area (Å²) in [7, 11) is 0. The Labute approximate surface area is 175 Å². The highest BCUT2D eigenvalue weighted by atomic mass is 16.6. The molecule has 7 nitrogen and oxygen atoms in total. The van der Waals surface area contributed by atoms with Crippen LogP contribution in [0, 0.1) is 17.8 Å². The van der Waals surface area contributed by atoms with Crippen molar-refractivity contribution in [3.8, 4) is 0 Å². The van der Waals surface area contributed by atoms with Crippen LogP contribution in [0.5, 0.6) is 0 Å². The molecule has 2 heterocycles. The number of ether oxygens (including phenoxy) is 1. The Kier molecular flexibility index (Phi) is 7.94. The van der Waals surface area contributed by atoms with E-state index in [0.29, 0.717) is 44.9 Å². The zero-order chi connectivity index (χ0) is 21.8. The van der Waals surface area contributed by atoms with E-state index >= 15 is 0 Å². The molecule has 2 atom stereocenters.